The molecule has 1 aromatic rings. The summed E-state index contributed by atoms with van der Waals surface area (Å²) in [6.45, 7) is 0. The van der Waals surface area contributed by atoms with Crippen LogP contribution in [-0.4, -0.2) is 23.3 Å². The molecule has 0 spiro atoms. The number of carbonyl (C=O) groups excluding carboxylic acids is 2. The third kappa shape index (κ3) is 2.43. The molecule has 2 amide bonds. The van der Waals surface area contributed by atoms with Crippen LogP contribution in [0.4, 0.5) is 0 Å². The lowest BCUT2D eigenvalue weighted by Gasteiger charge is -2.13. The van der Waals surface area contributed by atoms with Gasteiger partial charge in [0.2, 0.25) is 12.3 Å². The van der Waals surface area contributed by atoms with Crippen LogP contribution in [0.5, 0.6) is 0 Å². The molecular formula is C12H13NO2. The zero-order valence-electron chi connectivity index (χ0n) is 8.43. The maximum Gasteiger partial charge on any atom is 0.233 e. The molecule has 15 heavy (non-hydrogen) atoms. The van der Waals surface area contributed by atoms with Crippen LogP contribution in [0.25, 0.3) is 0 Å². The monoisotopic (exact) mass is 203 g/mol. The Morgan fingerprint density at radius 1 is 1.33 bits per heavy atom. The van der Waals surface area contributed by atoms with Crippen molar-refractivity contribution in [2.24, 2.45) is 0 Å². The summed E-state index contributed by atoms with van der Waals surface area (Å²) in [6, 6.07) is 9.66. The number of amides is 2. The average molecular weight is 203 g/mol. The summed E-state index contributed by atoms with van der Waals surface area (Å²) < 4.78 is 0. The molecule has 0 atom stereocenters. The van der Waals surface area contributed by atoms with Gasteiger partial charge in [0, 0.05) is 6.04 Å². The Bertz CT molecular complexity index is 357. The predicted molar refractivity (Wildman–Crippen MR) is 56.1 cm³/mol. The van der Waals surface area contributed by atoms with Gasteiger partial charge in [-0.3, -0.25) is 14.5 Å². The van der Waals surface area contributed by atoms with Crippen molar-refractivity contribution in [3.05, 3.63) is 35.9 Å². The predicted octanol–water partition coefficient (Wildman–Crippen LogP) is 1.38. The number of imide groups is 1. The van der Waals surface area contributed by atoms with Gasteiger partial charge in [-0.15, -0.1) is 0 Å². The molecule has 0 aromatic heterocycles. The van der Waals surface area contributed by atoms with E-state index in [1.807, 2.05) is 30.3 Å². The van der Waals surface area contributed by atoms with E-state index in [1.54, 1.807) is 0 Å². The molecule has 0 heterocycles. The molecule has 0 radical (unpaired) electrons. The van der Waals surface area contributed by atoms with E-state index in [-0.39, 0.29) is 11.9 Å². The molecule has 1 saturated carbocycles. The first-order chi connectivity index (χ1) is 7.31. The first-order valence-corrected chi connectivity index (χ1v) is 5.11. The van der Waals surface area contributed by atoms with E-state index in [1.165, 1.54) is 4.90 Å². The fourth-order valence-corrected chi connectivity index (χ4v) is 1.56. The lowest BCUT2D eigenvalue weighted by atomic mass is 10.1. The van der Waals surface area contributed by atoms with Crippen molar-refractivity contribution in [2.75, 3.05) is 0 Å². The fraction of sp³-hybridized carbons (Fsp3) is 0.333. The van der Waals surface area contributed by atoms with Crippen molar-refractivity contribution in [1.29, 1.82) is 0 Å². The molecule has 2 rings (SSSR count). The quantitative estimate of drug-likeness (QED) is 0.693. The van der Waals surface area contributed by atoms with Gasteiger partial charge in [0.25, 0.3) is 0 Å². The van der Waals surface area contributed by atoms with Crippen LogP contribution < -0.4 is 0 Å². The second-order valence-electron chi connectivity index (χ2n) is 3.80. The SMILES string of the molecule is O=CN(C(=O)Cc1ccccc1)C1CC1. The van der Waals surface area contributed by atoms with Crippen molar-refractivity contribution in [3.8, 4) is 0 Å². The first kappa shape index (κ1) is 9.90. The summed E-state index contributed by atoms with van der Waals surface area (Å²) in [7, 11) is 0. The summed E-state index contributed by atoms with van der Waals surface area (Å²) in [5.41, 5.74) is 0.954. The van der Waals surface area contributed by atoms with Gasteiger partial charge in [0.15, 0.2) is 0 Å². The van der Waals surface area contributed by atoms with Crippen LogP contribution in [-0.2, 0) is 16.0 Å². The number of nitrogens with zero attached hydrogens (tertiary/aromatic N) is 1. The lowest BCUT2D eigenvalue weighted by Crippen LogP contribution is -2.32. The Balaban J connectivity index is 1.99. The van der Waals surface area contributed by atoms with E-state index >= 15 is 0 Å². The minimum Gasteiger partial charge on any atom is -0.282 e. The maximum absolute atomic E-state index is 11.7. The van der Waals surface area contributed by atoms with Crippen LogP contribution in [0.15, 0.2) is 30.3 Å². The topological polar surface area (TPSA) is 37.4 Å². The van der Waals surface area contributed by atoms with Gasteiger partial charge in [0.05, 0.1) is 6.42 Å². The first-order valence-electron chi connectivity index (χ1n) is 5.11. The molecule has 78 valence electrons. The van der Waals surface area contributed by atoms with Crippen molar-refractivity contribution < 1.29 is 9.59 Å². The zero-order valence-corrected chi connectivity index (χ0v) is 8.43. The Kier molecular flexibility index (Phi) is 2.81. The number of rotatable bonds is 4. The second kappa shape index (κ2) is 4.26. The van der Waals surface area contributed by atoms with E-state index in [9.17, 15) is 9.59 Å². The molecule has 1 fully saturated rings. The minimum atomic E-state index is -0.0984. The molecule has 3 nitrogen and oxygen atoms in total. The Labute approximate surface area is 88.7 Å². The normalized spacial score (nSPS) is 14.7. The van der Waals surface area contributed by atoms with Gasteiger partial charge in [-0.2, -0.15) is 0 Å². The van der Waals surface area contributed by atoms with Gasteiger partial charge >= 0.3 is 0 Å². The average Bonchev–Trinajstić information content (AvgIpc) is 3.04. The van der Waals surface area contributed by atoms with Crippen molar-refractivity contribution in [1.82, 2.24) is 4.90 Å². The number of hydrogen-bond donors (Lipinski definition) is 0. The molecule has 0 bridgehead atoms. The molecule has 0 N–H and O–H groups in total. The molecule has 0 saturated heterocycles. The van der Waals surface area contributed by atoms with E-state index in [0.717, 1.165) is 18.4 Å². The fourth-order valence-electron chi connectivity index (χ4n) is 1.56. The highest BCUT2D eigenvalue weighted by Crippen LogP contribution is 2.26. The van der Waals surface area contributed by atoms with E-state index in [2.05, 4.69) is 0 Å². The van der Waals surface area contributed by atoms with Crippen LogP contribution in [0.2, 0.25) is 0 Å². The highest BCUT2D eigenvalue weighted by Gasteiger charge is 2.32. The van der Waals surface area contributed by atoms with Crippen LogP contribution in [0, 0.1) is 0 Å². The van der Waals surface area contributed by atoms with Crippen molar-refractivity contribution in [3.63, 3.8) is 0 Å². The van der Waals surface area contributed by atoms with Crippen LogP contribution in [0.3, 0.4) is 0 Å². The van der Waals surface area contributed by atoms with Crippen LogP contribution in [0.1, 0.15) is 18.4 Å². The van der Waals surface area contributed by atoms with E-state index in [4.69, 9.17) is 0 Å². The summed E-state index contributed by atoms with van der Waals surface area (Å²) in [5.74, 6) is -0.0984. The van der Waals surface area contributed by atoms with E-state index < -0.39 is 0 Å². The molecule has 0 aliphatic heterocycles. The Hall–Kier alpha value is -1.64. The molecule has 1 aliphatic rings. The Morgan fingerprint density at radius 3 is 2.53 bits per heavy atom. The zero-order chi connectivity index (χ0) is 10.7. The third-order valence-electron chi connectivity index (χ3n) is 2.54. The van der Waals surface area contributed by atoms with Gasteiger partial charge in [-0.1, -0.05) is 30.3 Å². The summed E-state index contributed by atoms with van der Waals surface area (Å²) in [6.07, 6.45) is 2.89. The highest BCUT2D eigenvalue weighted by molar-refractivity contribution is 5.88. The largest absolute Gasteiger partial charge is 0.282 e. The lowest BCUT2D eigenvalue weighted by molar-refractivity contribution is -0.138. The smallest absolute Gasteiger partial charge is 0.233 e. The molecule has 3 heteroatoms. The van der Waals surface area contributed by atoms with Crippen molar-refractivity contribution in [2.45, 2.75) is 25.3 Å². The third-order valence-corrected chi connectivity index (χ3v) is 2.54. The summed E-state index contributed by atoms with van der Waals surface area (Å²) in [4.78, 5) is 23.8. The minimum absolute atomic E-state index is 0.0984. The standard InChI is InChI=1S/C12H13NO2/c14-9-13(11-6-7-11)12(15)8-10-4-2-1-3-5-10/h1-5,9,11H,6-8H2. The van der Waals surface area contributed by atoms with E-state index in [0.29, 0.717) is 12.8 Å². The van der Waals surface area contributed by atoms with Crippen LogP contribution >= 0.6 is 0 Å². The molecular weight excluding hydrogens is 190 g/mol. The number of benzene rings is 1. The van der Waals surface area contributed by atoms with Gasteiger partial charge in [-0.25, -0.2) is 0 Å². The highest BCUT2D eigenvalue weighted by atomic mass is 16.2. The number of hydrogen-bond acceptors (Lipinski definition) is 2. The summed E-state index contributed by atoms with van der Waals surface area (Å²) in [5, 5.41) is 0. The second-order valence-corrected chi connectivity index (χ2v) is 3.80. The Morgan fingerprint density at radius 2 is 2.00 bits per heavy atom. The number of carbonyl (C=O) groups is 2. The molecule has 1 aliphatic carbocycles. The van der Waals surface area contributed by atoms with Gasteiger partial charge < -0.3 is 0 Å². The molecule has 1 aromatic carbocycles. The maximum atomic E-state index is 11.7. The summed E-state index contributed by atoms with van der Waals surface area (Å²) >= 11 is 0. The van der Waals surface area contributed by atoms with Crippen molar-refractivity contribution >= 4 is 12.3 Å². The van der Waals surface area contributed by atoms with Gasteiger partial charge in [0.1, 0.15) is 0 Å². The van der Waals surface area contributed by atoms with Gasteiger partial charge in [-0.05, 0) is 18.4 Å². The molecule has 0 unspecified atom stereocenters.